The molecule has 2 aromatic heterocycles. The third-order valence-corrected chi connectivity index (χ3v) is 9.76. The van der Waals surface area contributed by atoms with Gasteiger partial charge in [-0.3, -0.25) is 14.2 Å². The van der Waals surface area contributed by atoms with Crippen molar-refractivity contribution < 1.29 is 28.5 Å². The Hall–Kier alpha value is -4.20. The molecular formula is C33H33BrN4O7S. The van der Waals surface area contributed by atoms with Gasteiger partial charge in [-0.1, -0.05) is 45.5 Å². The molecule has 1 saturated heterocycles. The molecule has 2 aliphatic rings. The Kier molecular flexibility index (Phi) is 9.16. The average molecular weight is 710 g/mol. The number of carbonyl (C=O) groups excluding carboxylic acids is 2. The van der Waals surface area contributed by atoms with E-state index in [9.17, 15) is 14.4 Å². The summed E-state index contributed by atoms with van der Waals surface area (Å²) >= 11 is 4.87. The van der Waals surface area contributed by atoms with Gasteiger partial charge in [-0.15, -0.1) is 0 Å². The summed E-state index contributed by atoms with van der Waals surface area (Å²) in [6, 6.07) is 10.4. The van der Waals surface area contributed by atoms with Gasteiger partial charge in [0.1, 0.15) is 6.54 Å². The van der Waals surface area contributed by atoms with Crippen LogP contribution in [0.5, 0.6) is 11.5 Å². The Balaban J connectivity index is 1.50. The molecule has 2 aromatic carbocycles. The normalized spacial score (nSPS) is 16.8. The van der Waals surface area contributed by atoms with Gasteiger partial charge in [-0.25, -0.2) is 9.79 Å². The summed E-state index contributed by atoms with van der Waals surface area (Å²) in [6.07, 6.45) is 3.73. The molecule has 4 aromatic rings. The van der Waals surface area contributed by atoms with Crippen molar-refractivity contribution in [2.75, 3.05) is 47.1 Å². The summed E-state index contributed by atoms with van der Waals surface area (Å²) in [5, 5.41) is 0.908. The molecule has 0 N–H and O–H groups in total. The van der Waals surface area contributed by atoms with Crippen molar-refractivity contribution in [3.63, 3.8) is 0 Å². The molecule has 0 bridgehead atoms. The lowest BCUT2D eigenvalue weighted by atomic mass is 9.95. The summed E-state index contributed by atoms with van der Waals surface area (Å²) in [6.45, 7) is 6.00. The van der Waals surface area contributed by atoms with Crippen LogP contribution in [0.25, 0.3) is 17.0 Å². The highest BCUT2D eigenvalue weighted by atomic mass is 79.9. The number of methoxy groups -OCH3 is 2. The average Bonchev–Trinajstić information content (AvgIpc) is 3.56. The Bertz CT molecular complexity index is 2060. The Labute approximate surface area is 277 Å². The topological polar surface area (TPSA) is 114 Å². The number of hydrogen-bond donors (Lipinski definition) is 0. The summed E-state index contributed by atoms with van der Waals surface area (Å²) in [4.78, 5) is 47.8. The van der Waals surface area contributed by atoms with Gasteiger partial charge in [0.25, 0.3) is 5.56 Å². The number of carbonyl (C=O) groups is 2. The van der Waals surface area contributed by atoms with Crippen LogP contribution in [0.1, 0.15) is 31.0 Å². The van der Waals surface area contributed by atoms with E-state index in [1.54, 1.807) is 26.0 Å². The first-order chi connectivity index (χ1) is 22.2. The molecule has 1 fully saturated rings. The molecule has 4 heterocycles. The highest BCUT2D eigenvalue weighted by molar-refractivity contribution is 9.10. The van der Waals surface area contributed by atoms with Gasteiger partial charge >= 0.3 is 5.97 Å². The zero-order chi connectivity index (χ0) is 32.5. The first-order valence-corrected chi connectivity index (χ1v) is 16.4. The molecule has 240 valence electrons. The number of halogens is 1. The van der Waals surface area contributed by atoms with Crippen LogP contribution in [0.4, 0.5) is 0 Å². The third-order valence-electron chi connectivity index (χ3n) is 8.09. The molecule has 1 amide bonds. The quantitative estimate of drug-likeness (QED) is 0.258. The summed E-state index contributed by atoms with van der Waals surface area (Å²) in [7, 11) is 3.07. The van der Waals surface area contributed by atoms with E-state index in [4.69, 9.17) is 23.9 Å². The summed E-state index contributed by atoms with van der Waals surface area (Å²) in [5.41, 5.74) is 2.69. The fraction of sp³-hybridized carbons (Fsp3) is 0.333. The number of thiazole rings is 1. The number of para-hydroxylation sites is 1. The van der Waals surface area contributed by atoms with Crippen LogP contribution in [-0.2, 0) is 25.6 Å². The first kappa shape index (κ1) is 31.8. The van der Waals surface area contributed by atoms with E-state index < -0.39 is 12.0 Å². The minimum atomic E-state index is -0.848. The lowest BCUT2D eigenvalue weighted by Gasteiger charge is -2.27. The number of morpholine rings is 1. The Morgan fingerprint density at radius 1 is 1.13 bits per heavy atom. The van der Waals surface area contributed by atoms with Crippen molar-refractivity contribution >= 4 is 56.1 Å². The second kappa shape index (κ2) is 13.3. The van der Waals surface area contributed by atoms with Gasteiger partial charge in [0.05, 0.1) is 55.9 Å². The molecule has 0 unspecified atom stereocenters. The van der Waals surface area contributed by atoms with Crippen LogP contribution in [0.15, 0.2) is 68.1 Å². The number of amides is 1. The van der Waals surface area contributed by atoms with Crippen molar-refractivity contribution in [1.82, 2.24) is 14.0 Å². The Morgan fingerprint density at radius 3 is 2.57 bits per heavy atom. The SMILES string of the molecule is CCOC(=O)C1=C(C)N=c2s/c(=C/c3cn(CC(=O)N4CCOCC4)c4ccccc34)c(=O)n2[C@@H]1c1cc(OC)c(OC)cc1Br. The molecule has 46 heavy (non-hydrogen) atoms. The van der Waals surface area contributed by atoms with Gasteiger partial charge in [0, 0.05) is 40.2 Å². The molecule has 1 atom stereocenters. The monoisotopic (exact) mass is 708 g/mol. The van der Waals surface area contributed by atoms with Crippen LogP contribution in [0.3, 0.4) is 0 Å². The summed E-state index contributed by atoms with van der Waals surface area (Å²) < 4.78 is 26.4. The second-order valence-electron chi connectivity index (χ2n) is 10.8. The summed E-state index contributed by atoms with van der Waals surface area (Å²) in [5.74, 6) is 0.391. The zero-order valence-corrected chi connectivity index (χ0v) is 28.3. The number of allylic oxidation sites excluding steroid dienone is 1. The molecule has 0 radical (unpaired) electrons. The number of fused-ring (bicyclic) bond motifs is 2. The van der Waals surface area contributed by atoms with Crippen molar-refractivity contribution in [3.8, 4) is 11.5 Å². The maximum Gasteiger partial charge on any atom is 0.338 e. The lowest BCUT2D eigenvalue weighted by molar-refractivity contribution is -0.139. The van der Waals surface area contributed by atoms with E-state index in [0.717, 1.165) is 16.5 Å². The first-order valence-electron chi connectivity index (χ1n) is 14.8. The molecule has 2 aliphatic heterocycles. The maximum atomic E-state index is 14.3. The van der Waals surface area contributed by atoms with Crippen molar-refractivity contribution in [2.45, 2.75) is 26.4 Å². The van der Waals surface area contributed by atoms with Crippen LogP contribution in [-0.4, -0.2) is 73.0 Å². The van der Waals surface area contributed by atoms with Crippen LogP contribution < -0.4 is 24.4 Å². The number of benzene rings is 2. The highest BCUT2D eigenvalue weighted by Gasteiger charge is 2.35. The maximum absolute atomic E-state index is 14.3. The van der Waals surface area contributed by atoms with Gasteiger partial charge in [-0.2, -0.15) is 0 Å². The van der Waals surface area contributed by atoms with E-state index in [-0.39, 0.29) is 30.2 Å². The predicted octanol–water partition coefficient (Wildman–Crippen LogP) is 3.39. The minimum Gasteiger partial charge on any atom is -0.493 e. The molecule has 0 aliphatic carbocycles. The van der Waals surface area contributed by atoms with Crippen LogP contribution in [0, 0.1) is 0 Å². The van der Waals surface area contributed by atoms with E-state index in [1.807, 2.05) is 46.0 Å². The Morgan fingerprint density at radius 2 is 1.85 bits per heavy atom. The number of aromatic nitrogens is 2. The number of nitrogens with zero attached hydrogens (tertiary/aromatic N) is 4. The third kappa shape index (κ3) is 5.78. The fourth-order valence-corrected chi connectivity index (χ4v) is 7.46. The molecule has 0 saturated carbocycles. The number of hydrogen-bond acceptors (Lipinski definition) is 9. The fourth-order valence-electron chi connectivity index (χ4n) is 5.89. The second-order valence-corrected chi connectivity index (χ2v) is 12.6. The number of esters is 1. The van der Waals surface area contributed by atoms with Crippen LogP contribution in [0.2, 0.25) is 0 Å². The highest BCUT2D eigenvalue weighted by Crippen LogP contribution is 2.40. The van der Waals surface area contributed by atoms with Crippen molar-refractivity contribution in [3.05, 3.63) is 89.2 Å². The number of rotatable bonds is 8. The molecule has 13 heteroatoms. The van der Waals surface area contributed by atoms with E-state index >= 15 is 0 Å². The zero-order valence-electron chi connectivity index (χ0n) is 25.9. The molecule has 0 spiro atoms. The standard InChI is InChI=1S/C33H33BrN4O7S/c1-5-45-32(41)29-19(2)35-33-38(30(29)22-15-25(42-3)26(43-4)16-23(22)34)31(40)27(46-33)14-20-17-37(24-9-7-6-8-21(20)24)18-28(39)36-10-12-44-13-11-36/h6-9,14-17,30H,5,10-13,18H2,1-4H3/b27-14+/t30-/m1/s1. The van der Waals surface area contributed by atoms with Crippen LogP contribution >= 0.6 is 27.3 Å². The number of ether oxygens (including phenoxy) is 4. The largest absolute Gasteiger partial charge is 0.493 e. The van der Waals surface area contributed by atoms with Gasteiger partial charge < -0.3 is 28.4 Å². The molecular weight excluding hydrogens is 676 g/mol. The smallest absolute Gasteiger partial charge is 0.338 e. The van der Waals surface area contributed by atoms with Gasteiger partial charge in [0.15, 0.2) is 16.3 Å². The van der Waals surface area contributed by atoms with E-state index in [2.05, 4.69) is 15.9 Å². The van der Waals surface area contributed by atoms with Gasteiger partial charge in [0.2, 0.25) is 5.91 Å². The lowest BCUT2D eigenvalue weighted by Crippen LogP contribution is -2.42. The van der Waals surface area contributed by atoms with Crippen molar-refractivity contribution in [2.24, 2.45) is 4.99 Å². The minimum absolute atomic E-state index is 0.0115. The van der Waals surface area contributed by atoms with Gasteiger partial charge in [-0.05, 0) is 43.7 Å². The predicted molar refractivity (Wildman–Crippen MR) is 177 cm³/mol. The van der Waals surface area contributed by atoms with E-state index in [1.165, 1.54) is 30.1 Å². The van der Waals surface area contributed by atoms with Crippen molar-refractivity contribution in [1.29, 1.82) is 0 Å². The molecule has 6 rings (SSSR count). The van der Waals surface area contributed by atoms with E-state index in [0.29, 0.717) is 62.9 Å². The molecule has 11 nitrogen and oxygen atoms in total.